The topological polar surface area (TPSA) is 72.0 Å². The second-order valence-electron chi connectivity index (χ2n) is 3.44. The van der Waals surface area contributed by atoms with Gasteiger partial charge >= 0.3 is 0 Å². The molecular formula is C10H12ClN5. The van der Waals surface area contributed by atoms with Gasteiger partial charge in [0.1, 0.15) is 5.82 Å². The van der Waals surface area contributed by atoms with E-state index < -0.39 is 0 Å². The largest absolute Gasteiger partial charge is 0.345 e. The lowest BCUT2D eigenvalue weighted by Gasteiger charge is -2.00. The molecule has 0 aliphatic rings. The molecule has 84 valence electrons. The van der Waals surface area contributed by atoms with Gasteiger partial charge in [-0.2, -0.15) is 0 Å². The van der Waals surface area contributed by atoms with Gasteiger partial charge in [-0.3, -0.25) is 4.40 Å². The first-order chi connectivity index (χ1) is 7.40. The summed E-state index contributed by atoms with van der Waals surface area (Å²) in [4.78, 5) is 11.7. The summed E-state index contributed by atoms with van der Waals surface area (Å²) in [7, 11) is 0. The summed E-state index contributed by atoms with van der Waals surface area (Å²) in [6.07, 6.45) is 6.29. The van der Waals surface area contributed by atoms with E-state index >= 15 is 0 Å². The summed E-state index contributed by atoms with van der Waals surface area (Å²) in [5.41, 5.74) is 8.48. The third kappa shape index (κ3) is 1.45. The van der Waals surface area contributed by atoms with Crippen molar-refractivity contribution in [2.45, 2.75) is 6.42 Å². The van der Waals surface area contributed by atoms with Crippen LogP contribution in [0.3, 0.4) is 0 Å². The number of rotatable bonds is 2. The zero-order valence-electron chi connectivity index (χ0n) is 8.55. The predicted octanol–water partition coefficient (Wildman–Crippen LogP) is 1.13. The molecule has 16 heavy (non-hydrogen) atoms. The molecule has 3 rings (SSSR count). The number of nitrogens with one attached hydrogen (secondary N) is 1. The zero-order valence-corrected chi connectivity index (χ0v) is 9.37. The van der Waals surface area contributed by atoms with Gasteiger partial charge in [0.25, 0.3) is 0 Å². The van der Waals surface area contributed by atoms with E-state index in [4.69, 9.17) is 5.73 Å². The molecule has 3 heterocycles. The Labute approximate surface area is 98.1 Å². The van der Waals surface area contributed by atoms with Gasteiger partial charge in [-0.05, 0) is 12.6 Å². The van der Waals surface area contributed by atoms with Crippen LogP contribution >= 0.6 is 12.4 Å². The third-order valence-electron chi connectivity index (χ3n) is 2.50. The lowest BCUT2D eigenvalue weighted by atomic mass is 10.4. The van der Waals surface area contributed by atoms with E-state index in [1.165, 1.54) is 0 Å². The number of nitrogens with two attached hydrogens (primary N) is 1. The Bertz CT molecular complexity index is 612. The number of fused-ring (bicyclic) bond motifs is 3. The van der Waals surface area contributed by atoms with Crippen LogP contribution in [0.2, 0.25) is 0 Å². The van der Waals surface area contributed by atoms with Crippen LogP contribution in [0.1, 0.15) is 5.82 Å². The first-order valence-corrected chi connectivity index (χ1v) is 4.88. The molecule has 0 fully saturated rings. The Balaban J connectivity index is 0.000000963. The normalized spacial score (nSPS) is 10.8. The van der Waals surface area contributed by atoms with Crippen LogP contribution < -0.4 is 5.73 Å². The lowest BCUT2D eigenvalue weighted by molar-refractivity contribution is 0.873. The van der Waals surface area contributed by atoms with Gasteiger partial charge in [0.15, 0.2) is 5.65 Å². The zero-order chi connectivity index (χ0) is 10.3. The highest BCUT2D eigenvalue weighted by Gasteiger charge is 2.07. The van der Waals surface area contributed by atoms with Gasteiger partial charge in [0.2, 0.25) is 0 Å². The van der Waals surface area contributed by atoms with Crippen LogP contribution in [0, 0.1) is 0 Å². The maximum absolute atomic E-state index is 5.55. The van der Waals surface area contributed by atoms with E-state index in [9.17, 15) is 0 Å². The predicted molar refractivity (Wildman–Crippen MR) is 64.9 cm³/mol. The standard InChI is InChI=1S/C10H11N5.ClH/c11-3-1-9-13-5-7-6-14-10-8(15(7)9)2-4-12-10;/h2,4-6,12H,1,3,11H2;1H. The van der Waals surface area contributed by atoms with E-state index in [1.54, 1.807) is 0 Å². The fourth-order valence-electron chi connectivity index (χ4n) is 1.85. The van der Waals surface area contributed by atoms with Crippen molar-refractivity contribution in [1.82, 2.24) is 19.4 Å². The Morgan fingerprint density at radius 2 is 2.12 bits per heavy atom. The van der Waals surface area contributed by atoms with Crippen molar-refractivity contribution in [2.24, 2.45) is 5.73 Å². The number of imidazole rings is 1. The number of hydrogen-bond acceptors (Lipinski definition) is 3. The molecule has 0 aliphatic carbocycles. The molecule has 0 saturated heterocycles. The monoisotopic (exact) mass is 237 g/mol. The van der Waals surface area contributed by atoms with Crippen molar-refractivity contribution in [3.8, 4) is 0 Å². The van der Waals surface area contributed by atoms with Crippen LogP contribution in [-0.2, 0) is 6.42 Å². The molecule has 6 heteroatoms. The van der Waals surface area contributed by atoms with Gasteiger partial charge in [0, 0.05) is 12.6 Å². The Hall–Kier alpha value is -1.59. The Kier molecular flexibility index (Phi) is 2.80. The summed E-state index contributed by atoms with van der Waals surface area (Å²) < 4.78 is 2.09. The van der Waals surface area contributed by atoms with Crippen LogP contribution in [0.25, 0.3) is 16.7 Å². The van der Waals surface area contributed by atoms with E-state index in [1.807, 2.05) is 24.7 Å². The number of hydrogen-bond donors (Lipinski definition) is 2. The second-order valence-corrected chi connectivity index (χ2v) is 3.44. The molecule has 0 aromatic carbocycles. The SMILES string of the molecule is Cl.NCCc1ncc2cnc3[nH]ccc3n12. The minimum absolute atomic E-state index is 0. The molecule has 5 nitrogen and oxygen atoms in total. The van der Waals surface area contributed by atoms with Gasteiger partial charge < -0.3 is 10.7 Å². The molecule has 0 atom stereocenters. The third-order valence-corrected chi connectivity index (χ3v) is 2.50. The molecule has 3 N–H and O–H groups in total. The van der Waals surface area contributed by atoms with E-state index in [-0.39, 0.29) is 12.4 Å². The smallest absolute Gasteiger partial charge is 0.154 e. The fourth-order valence-corrected chi connectivity index (χ4v) is 1.85. The van der Waals surface area contributed by atoms with E-state index in [2.05, 4.69) is 19.4 Å². The minimum atomic E-state index is 0. The molecule has 0 spiro atoms. The van der Waals surface area contributed by atoms with Gasteiger partial charge in [-0.15, -0.1) is 12.4 Å². The molecule has 0 unspecified atom stereocenters. The highest BCUT2D eigenvalue weighted by molar-refractivity contribution is 5.85. The quantitative estimate of drug-likeness (QED) is 0.702. The van der Waals surface area contributed by atoms with Crippen molar-refractivity contribution >= 4 is 29.1 Å². The number of H-pyrrole nitrogens is 1. The molecule has 3 aromatic heterocycles. The maximum atomic E-state index is 5.55. The minimum Gasteiger partial charge on any atom is -0.345 e. The Morgan fingerprint density at radius 3 is 2.94 bits per heavy atom. The molecule has 0 radical (unpaired) electrons. The first kappa shape index (κ1) is 10.9. The summed E-state index contributed by atoms with van der Waals surface area (Å²) in [6.45, 7) is 0.605. The summed E-state index contributed by atoms with van der Waals surface area (Å²) in [5, 5.41) is 0. The van der Waals surface area contributed by atoms with Crippen LogP contribution in [0.5, 0.6) is 0 Å². The van der Waals surface area contributed by atoms with Gasteiger partial charge in [-0.1, -0.05) is 0 Å². The highest BCUT2D eigenvalue weighted by Crippen LogP contribution is 2.15. The Morgan fingerprint density at radius 1 is 1.31 bits per heavy atom. The number of aromatic nitrogens is 4. The van der Waals surface area contributed by atoms with E-state index in [0.717, 1.165) is 28.9 Å². The van der Waals surface area contributed by atoms with Crippen LogP contribution in [-0.4, -0.2) is 25.9 Å². The van der Waals surface area contributed by atoms with Crippen molar-refractivity contribution < 1.29 is 0 Å². The molecule has 3 aromatic rings. The van der Waals surface area contributed by atoms with Gasteiger partial charge in [-0.25, -0.2) is 9.97 Å². The van der Waals surface area contributed by atoms with Crippen molar-refractivity contribution in [2.75, 3.05) is 6.54 Å². The summed E-state index contributed by atoms with van der Waals surface area (Å²) in [5.74, 6) is 0.986. The van der Waals surface area contributed by atoms with Crippen molar-refractivity contribution in [3.05, 3.63) is 30.5 Å². The number of aromatic amines is 1. The number of halogens is 1. The van der Waals surface area contributed by atoms with Crippen molar-refractivity contribution in [3.63, 3.8) is 0 Å². The summed E-state index contributed by atoms with van der Waals surface area (Å²) in [6, 6.07) is 2.00. The molecule has 0 amide bonds. The number of nitrogens with zero attached hydrogens (tertiary/aromatic N) is 3. The molecule has 0 bridgehead atoms. The van der Waals surface area contributed by atoms with Gasteiger partial charge in [0.05, 0.1) is 23.4 Å². The maximum Gasteiger partial charge on any atom is 0.154 e. The van der Waals surface area contributed by atoms with E-state index in [0.29, 0.717) is 6.54 Å². The van der Waals surface area contributed by atoms with Crippen LogP contribution in [0.15, 0.2) is 24.7 Å². The lowest BCUT2D eigenvalue weighted by Crippen LogP contribution is -2.06. The average Bonchev–Trinajstić information content (AvgIpc) is 2.83. The van der Waals surface area contributed by atoms with Crippen molar-refractivity contribution in [1.29, 1.82) is 0 Å². The second kappa shape index (κ2) is 4.11. The molecular weight excluding hydrogens is 226 g/mol. The first-order valence-electron chi connectivity index (χ1n) is 4.88. The van der Waals surface area contributed by atoms with Crippen LogP contribution in [0.4, 0.5) is 0 Å². The molecule has 0 aliphatic heterocycles. The summed E-state index contributed by atoms with van der Waals surface area (Å²) >= 11 is 0. The fraction of sp³-hybridized carbons (Fsp3) is 0.200. The molecule has 0 saturated carbocycles. The highest BCUT2D eigenvalue weighted by atomic mass is 35.5. The average molecular weight is 238 g/mol.